The van der Waals surface area contributed by atoms with Crippen LogP contribution in [0.3, 0.4) is 0 Å². The second kappa shape index (κ2) is 5.82. The van der Waals surface area contributed by atoms with Crippen LogP contribution in [-0.2, 0) is 6.42 Å². The first kappa shape index (κ1) is 11.3. The minimum absolute atomic E-state index is 0.639. The van der Waals surface area contributed by atoms with Gasteiger partial charge in [-0.1, -0.05) is 29.8 Å². The van der Waals surface area contributed by atoms with Crippen molar-refractivity contribution in [3.8, 4) is 0 Å². The molecule has 0 radical (unpaired) electrons. The fourth-order valence-electron chi connectivity index (χ4n) is 1.62. The molecule has 0 aromatic heterocycles. The van der Waals surface area contributed by atoms with Gasteiger partial charge in [0.05, 0.1) is 0 Å². The van der Waals surface area contributed by atoms with E-state index >= 15 is 0 Å². The summed E-state index contributed by atoms with van der Waals surface area (Å²) in [7, 11) is 2.03. The fourth-order valence-corrected chi connectivity index (χ4v) is 1.62. The Balaban J connectivity index is 2.31. The molecule has 1 atom stereocenters. The summed E-state index contributed by atoms with van der Waals surface area (Å²) in [4.78, 5) is 0. The second-order valence-electron chi connectivity index (χ2n) is 4.07. The van der Waals surface area contributed by atoms with Gasteiger partial charge in [-0.05, 0) is 45.7 Å². The zero-order chi connectivity index (χ0) is 10.4. The van der Waals surface area contributed by atoms with E-state index in [4.69, 9.17) is 0 Å². The molecule has 0 heterocycles. The Bertz CT molecular complexity index is 268. The zero-order valence-electron chi connectivity index (χ0n) is 9.51. The van der Waals surface area contributed by atoms with E-state index < -0.39 is 0 Å². The van der Waals surface area contributed by atoms with Crippen molar-refractivity contribution >= 4 is 0 Å². The maximum Gasteiger partial charge on any atom is 0.00358 e. The smallest absolute Gasteiger partial charge is 0.00358 e. The van der Waals surface area contributed by atoms with Gasteiger partial charge in [-0.25, -0.2) is 0 Å². The van der Waals surface area contributed by atoms with Gasteiger partial charge in [0.1, 0.15) is 0 Å². The third kappa shape index (κ3) is 3.93. The fraction of sp³-hybridized carbons (Fsp3) is 0.538. The van der Waals surface area contributed by atoms with Gasteiger partial charge in [-0.2, -0.15) is 0 Å². The molecule has 0 aliphatic heterocycles. The highest BCUT2D eigenvalue weighted by atomic mass is 14.8. The van der Waals surface area contributed by atoms with Gasteiger partial charge in [0, 0.05) is 6.04 Å². The summed E-state index contributed by atoms with van der Waals surface area (Å²) < 4.78 is 0. The van der Waals surface area contributed by atoms with Crippen LogP contribution in [0.15, 0.2) is 24.3 Å². The molecule has 1 aromatic rings. The van der Waals surface area contributed by atoms with Gasteiger partial charge in [-0.3, -0.25) is 0 Å². The average molecular weight is 191 g/mol. The first-order valence-corrected chi connectivity index (χ1v) is 5.45. The van der Waals surface area contributed by atoms with E-state index in [1.54, 1.807) is 0 Å². The van der Waals surface area contributed by atoms with Gasteiger partial charge in [0.15, 0.2) is 0 Å². The molecule has 1 nitrogen and oxygen atoms in total. The van der Waals surface area contributed by atoms with Crippen LogP contribution in [-0.4, -0.2) is 13.1 Å². The highest BCUT2D eigenvalue weighted by molar-refractivity contribution is 5.22. The summed E-state index contributed by atoms with van der Waals surface area (Å²) in [6, 6.07) is 9.44. The Morgan fingerprint density at radius 1 is 1.36 bits per heavy atom. The van der Waals surface area contributed by atoms with Gasteiger partial charge >= 0.3 is 0 Å². The molecule has 0 aliphatic rings. The third-order valence-electron chi connectivity index (χ3n) is 2.68. The molecule has 0 amide bonds. The predicted molar refractivity (Wildman–Crippen MR) is 62.6 cm³/mol. The van der Waals surface area contributed by atoms with Crippen LogP contribution in [0.1, 0.15) is 30.9 Å². The van der Waals surface area contributed by atoms with Gasteiger partial charge in [0.25, 0.3) is 0 Å². The van der Waals surface area contributed by atoms with E-state index in [0.29, 0.717) is 6.04 Å². The van der Waals surface area contributed by atoms with Crippen molar-refractivity contribution in [1.82, 2.24) is 5.32 Å². The number of hydrogen-bond donors (Lipinski definition) is 1. The lowest BCUT2D eigenvalue weighted by atomic mass is 10.0. The Morgan fingerprint density at radius 3 is 2.79 bits per heavy atom. The van der Waals surface area contributed by atoms with E-state index in [0.717, 1.165) is 0 Å². The van der Waals surface area contributed by atoms with Crippen molar-refractivity contribution < 1.29 is 0 Å². The average Bonchev–Trinajstić information content (AvgIpc) is 2.17. The molecule has 0 saturated carbocycles. The molecule has 0 saturated heterocycles. The minimum Gasteiger partial charge on any atom is -0.317 e. The SMILES string of the molecule is CNC(C)CCCc1cccc(C)c1. The molecule has 0 spiro atoms. The van der Waals surface area contributed by atoms with Gasteiger partial charge < -0.3 is 5.32 Å². The van der Waals surface area contributed by atoms with Crippen molar-refractivity contribution in [3.63, 3.8) is 0 Å². The summed E-state index contributed by atoms with van der Waals surface area (Å²) >= 11 is 0. The molecule has 78 valence electrons. The second-order valence-corrected chi connectivity index (χ2v) is 4.07. The van der Waals surface area contributed by atoms with Crippen LogP contribution in [0, 0.1) is 6.92 Å². The van der Waals surface area contributed by atoms with Crippen molar-refractivity contribution in [2.75, 3.05) is 7.05 Å². The van der Waals surface area contributed by atoms with Crippen LogP contribution in [0.4, 0.5) is 0 Å². The summed E-state index contributed by atoms with van der Waals surface area (Å²) in [6.45, 7) is 4.38. The first-order valence-electron chi connectivity index (χ1n) is 5.45. The predicted octanol–water partition coefficient (Wildman–Crippen LogP) is 2.93. The number of rotatable bonds is 5. The van der Waals surface area contributed by atoms with E-state index in [9.17, 15) is 0 Å². The summed E-state index contributed by atoms with van der Waals surface area (Å²) in [6.07, 6.45) is 3.73. The lowest BCUT2D eigenvalue weighted by molar-refractivity contribution is 0.542. The molecule has 14 heavy (non-hydrogen) atoms. The van der Waals surface area contributed by atoms with E-state index in [-0.39, 0.29) is 0 Å². The summed E-state index contributed by atoms with van der Waals surface area (Å²) in [5.74, 6) is 0. The topological polar surface area (TPSA) is 12.0 Å². The lowest BCUT2D eigenvalue weighted by Crippen LogP contribution is -2.20. The number of aryl methyl sites for hydroxylation is 2. The van der Waals surface area contributed by atoms with Crippen LogP contribution in [0.2, 0.25) is 0 Å². The van der Waals surface area contributed by atoms with Gasteiger partial charge in [0.2, 0.25) is 0 Å². The molecule has 0 aliphatic carbocycles. The van der Waals surface area contributed by atoms with E-state index in [1.165, 1.54) is 30.4 Å². The van der Waals surface area contributed by atoms with E-state index in [1.807, 2.05) is 7.05 Å². The highest BCUT2D eigenvalue weighted by Crippen LogP contribution is 2.08. The number of hydrogen-bond acceptors (Lipinski definition) is 1. The third-order valence-corrected chi connectivity index (χ3v) is 2.68. The summed E-state index contributed by atoms with van der Waals surface area (Å²) in [5, 5.41) is 3.26. The normalized spacial score (nSPS) is 12.8. The highest BCUT2D eigenvalue weighted by Gasteiger charge is 1.98. The molecule has 1 aromatic carbocycles. The molecule has 0 fully saturated rings. The van der Waals surface area contributed by atoms with Crippen molar-refractivity contribution in [3.05, 3.63) is 35.4 Å². The molecule has 1 heteroatoms. The van der Waals surface area contributed by atoms with Crippen LogP contribution >= 0.6 is 0 Å². The molecule has 0 bridgehead atoms. The van der Waals surface area contributed by atoms with E-state index in [2.05, 4.69) is 43.4 Å². The number of benzene rings is 1. The molecule has 1 rings (SSSR count). The van der Waals surface area contributed by atoms with Crippen LogP contribution in [0.5, 0.6) is 0 Å². The van der Waals surface area contributed by atoms with Gasteiger partial charge in [-0.15, -0.1) is 0 Å². The van der Waals surface area contributed by atoms with Crippen LogP contribution < -0.4 is 5.32 Å². The van der Waals surface area contributed by atoms with Crippen molar-refractivity contribution in [1.29, 1.82) is 0 Å². The Kier molecular flexibility index (Phi) is 4.68. The van der Waals surface area contributed by atoms with Crippen LogP contribution in [0.25, 0.3) is 0 Å². The minimum atomic E-state index is 0.639. The Morgan fingerprint density at radius 2 is 2.14 bits per heavy atom. The zero-order valence-corrected chi connectivity index (χ0v) is 9.51. The van der Waals surface area contributed by atoms with Crippen molar-refractivity contribution in [2.24, 2.45) is 0 Å². The maximum atomic E-state index is 3.26. The molecule has 1 unspecified atom stereocenters. The molecular weight excluding hydrogens is 170 g/mol. The van der Waals surface area contributed by atoms with Crippen molar-refractivity contribution in [2.45, 2.75) is 39.2 Å². The summed E-state index contributed by atoms with van der Waals surface area (Å²) in [5.41, 5.74) is 2.83. The molecule has 1 N–H and O–H groups in total. The first-order chi connectivity index (χ1) is 6.72. The Labute approximate surface area is 87.5 Å². The monoisotopic (exact) mass is 191 g/mol. The largest absolute Gasteiger partial charge is 0.317 e. The standard InChI is InChI=1S/C13H21N/c1-11-6-4-8-13(10-11)9-5-7-12(2)14-3/h4,6,8,10,12,14H,5,7,9H2,1-3H3. The lowest BCUT2D eigenvalue weighted by Gasteiger charge is -2.09. The quantitative estimate of drug-likeness (QED) is 0.754. The molecular formula is C13H21N. The Hall–Kier alpha value is -0.820. The maximum absolute atomic E-state index is 3.26. The number of nitrogens with one attached hydrogen (secondary N) is 1.